The Hall–Kier alpha value is -1.88. The third kappa shape index (κ3) is 3.57. The Morgan fingerprint density at radius 3 is 2.46 bits per heavy atom. The molecule has 1 aromatic rings. The minimum Gasteiger partial charge on any atom is -0.455 e. The Labute approximate surface area is 167 Å². The second-order valence-electron chi connectivity index (χ2n) is 9.72. The summed E-state index contributed by atoms with van der Waals surface area (Å²) in [5, 5.41) is 10.8. The number of carbonyl (C=O) groups excluding carboxylic acids is 2. The third-order valence-corrected chi connectivity index (χ3v) is 7.12. The first-order valence-electron chi connectivity index (χ1n) is 10.4. The van der Waals surface area contributed by atoms with Crippen LogP contribution < -0.4 is 0 Å². The van der Waals surface area contributed by atoms with E-state index in [1.54, 1.807) is 11.9 Å². The zero-order valence-corrected chi connectivity index (χ0v) is 17.2. The van der Waals surface area contributed by atoms with Crippen molar-refractivity contribution in [2.24, 2.45) is 17.3 Å². The smallest absolute Gasteiger partial charge is 0.312 e. The predicted molar refractivity (Wildman–Crippen MR) is 105 cm³/mol. The summed E-state index contributed by atoms with van der Waals surface area (Å²) in [6.45, 7) is 4.36. The molecule has 5 nitrogen and oxygen atoms in total. The number of carbonyl (C=O) groups is 2. The predicted octanol–water partition coefficient (Wildman–Crippen LogP) is 3.14. The Bertz CT molecular complexity index is 788. The van der Waals surface area contributed by atoms with Gasteiger partial charge in [0.1, 0.15) is 0 Å². The maximum absolute atomic E-state index is 12.9. The summed E-state index contributed by atoms with van der Waals surface area (Å²) in [6.07, 6.45) is 4.86. The molecule has 0 heterocycles. The number of hydrogen-bond donors (Lipinski definition) is 1. The van der Waals surface area contributed by atoms with E-state index in [1.807, 2.05) is 26.0 Å². The van der Waals surface area contributed by atoms with Crippen LogP contribution in [0.2, 0.25) is 0 Å². The average Bonchev–Trinajstić information content (AvgIpc) is 2.59. The summed E-state index contributed by atoms with van der Waals surface area (Å²) in [6, 6.07) is 6.18. The van der Waals surface area contributed by atoms with Crippen LogP contribution in [0, 0.1) is 31.1 Å². The standard InChI is InChI=1S/C23H31NO4/c1-15-4-5-19(16(2)6-15)12-24(3)20(25)13-28-21(26)22-8-17-7-18(9-22)11-23(27,10-17)14-22/h4-6,17-18,27H,7-14H2,1-3H3/t17-,18-,22?,23?/m1/s1. The third-order valence-electron chi connectivity index (χ3n) is 7.12. The van der Waals surface area contributed by atoms with Crippen molar-refractivity contribution in [2.75, 3.05) is 13.7 Å². The lowest BCUT2D eigenvalue weighted by atomic mass is 9.48. The van der Waals surface area contributed by atoms with Gasteiger partial charge in [0, 0.05) is 13.6 Å². The molecular formula is C23H31NO4. The van der Waals surface area contributed by atoms with E-state index in [-0.39, 0.29) is 18.5 Å². The molecule has 1 aromatic carbocycles. The van der Waals surface area contributed by atoms with Crippen LogP contribution in [-0.2, 0) is 20.9 Å². The van der Waals surface area contributed by atoms with Gasteiger partial charge in [0.25, 0.3) is 5.91 Å². The van der Waals surface area contributed by atoms with Crippen molar-refractivity contribution in [1.82, 2.24) is 4.90 Å². The van der Waals surface area contributed by atoms with Crippen LogP contribution in [0.4, 0.5) is 0 Å². The molecule has 2 atom stereocenters. The van der Waals surface area contributed by atoms with E-state index < -0.39 is 11.0 Å². The van der Waals surface area contributed by atoms with Crippen LogP contribution in [0.1, 0.15) is 55.2 Å². The van der Waals surface area contributed by atoms with Crippen LogP contribution in [0.15, 0.2) is 18.2 Å². The van der Waals surface area contributed by atoms with Gasteiger partial charge in [-0.3, -0.25) is 9.59 Å². The maximum atomic E-state index is 12.9. The van der Waals surface area contributed by atoms with Gasteiger partial charge in [0.15, 0.2) is 6.61 Å². The van der Waals surface area contributed by atoms with Gasteiger partial charge >= 0.3 is 5.97 Å². The number of amides is 1. The van der Waals surface area contributed by atoms with Crippen molar-refractivity contribution in [3.05, 3.63) is 34.9 Å². The Morgan fingerprint density at radius 2 is 1.86 bits per heavy atom. The van der Waals surface area contributed by atoms with E-state index in [9.17, 15) is 14.7 Å². The van der Waals surface area contributed by atoms with Crippen molar-refractivity contribution in [2.45, 2.75) is 64.5 Å². The summed E-state index contributed by atoms with van der Waals surface area (Å²) >= 11 is 0. The molecule has 4 saturated carbocycles. The minimum absolute atomic E-state index is 0.197. The van der Waals surface area contributed by atoms with Crippen LogP contribution in [0.5, 0.6) is 0 Å². The minimum atomic E-state index is -0.702. The highest BCUT2D eigenvalue weighted by molar-refractivity contribution is 5.83. The number of aryl methyl sites for hydroxylation is 2. The first kappa shape index (κ1) is 19.4. The van der Waals surface area contributed by atoms with Crippen molar-refractivity contribution in [1.29, 1.82) is 0 Å². The number of hydrogen-bond acceptors (Lipinski definition) is 4. The topological polar surface area (TPSA) is 66.8 Å². The number of rotatable bonds is 5. The Morgan fingerprint density at radius 1 is 1.18 bits per heavy atom. The van der Waals surface area contributed by atoms with Gasteiger partial charge in [-0.1, -0.05) is 23.8 Å². The van der Waals surface area contributed by atoms with E-state index in [1.165, 1.54) is 5.56 Å². The van der Waals surface area contributed by atoms with E-state index in [0.29, 0.717) is 24.8 Å². The second kappa shape index (κ2) is 6.87. The highest BCUT2D eigenvalue weighted by Crippen LogP contribution is 2.61. The highest BCUT2D eigenvalue weighted by atomic mass is 16.5. The number of likely N-dealkylation sites (N-methyl/N-ethyl adjacent to an activating group) is 1. The Balaban J connectivity index is 1.35. The summed E-state index contributed by atoms with van der Waals surface area (Å²) in [5.41, 5.74) is 2.16. The lowest BCUT2D eigenvalue weighted by molar-refractivity contribution is -0.196. The molecule has 1 N–H and O–H groups in total. The van der Waals surface area contributed by atoms with Crippen LogP contribution in [0.25, 0.3) is 0 Å². The van der Waals surface area contributed by atoms with Crippen LogP contribution >= 0.6 is 0 Å². The number of ether oxygens (including phenoxy) is 1. The molecule has 1 amide bonds. The van der Waals surface area contributed by atoms with E-state index in [0.717, 1.165) is 43.2 Å². The van der Waals surface area contributed by atoms with E-state index >= 15 is 0 Å². The molecule has 0 saturated heterocycles. The van der Waals surface area contributed by atoms with E-state index in [2.05, 4.69) is 6.07 Å². The van der Waals surface area contributed by atoms with Crippen molar-refractivity contribution in [3.63, 3.8) is 0 Å². The lowest BCUT2D eigenvalue weighted by Crippen LogP contribution is -2.58. The molecule has 0 aliphatic heterocycles. The average molecular weight is 386 g/mol. The summed E-state index contributed by atoms with van der Waals surface area (Å²) in [7, 11) is 1.74. The molecule has 28 heavy (non-hydrogen) atoms. The normalized spacial score (nSPS) is 33.0. The van der Waals surface area contributed by atoms with Gasteiger partial charge in [-0.25, -0.2) is 0 Å². The largest absolute Gasteiger partial charge is 0.455 e. The fourth-order valence-electron chi connectivity index (χ4n) is 6.21. The van der Waals surface area contributed by atoms with Gasteiger partial charge in [-0.2, -0.15) is 0 Å². The number of benzene rings is 1. The second-order valence-corrected chi connectivity index (χ2v) is 9.72. The Kier molecular flexibility index (Phi) is 4.77. The fourth-order valence-corrected chi connectivity index (χ4v) is 6.21. The molecule has 4 aliphatic carbocycles. The molecule has 0 spiro atoms. The zero-order valence-electron chi connectivity index (χ0n) is 17.2. The van der Waals surface area contributed by atoms with Crippen LogP contribution in [-0.4, -0.2) is 41.1 Å². The summed E-state index contributed by atoms with van der Waals surface area (Å²) in [4.78, 5) is 27.0. The fraction of sp³-hybridized carbons (Fsp3) is 0.652. The van der Waals surface area contributed by atoms with Gasteiger partial charge in [0.05, 0.1) is 11.0 Å². The maximum Gasteiger partial charge on any atom is 0.312 e. The molecular weight excluding hydrogens is 354 g/mol. The molecule has 4 fully saturated rings. The van der Waals surface area contributed by atoms with Gasteiger partial charge in [0.2, 0.25) is 0 Å². The summed E-state index contributed by atoms with van der Waals surface area (Å²) in [5.74, 6) is 0.355. The molecule has 5 heteroatoms. The monoisotopic (exact) mass is 385 g/mol. The van der Waals surface area contributed by atoms with Crippen molar-refractivity contribution < 1.29 is 19.4 Å². The molecule has 5 rings (SSSR count). The number of esters is 1. The quantitative estimate of drug-likeness (QED) is 0.791. The van der Waals surface area contributed by atoms with Crippen molar-refractivity contribution in [3.8, 4) is 0 Å². The SMILES string of the molecule is Cc1ccc(CN(C)C(=O)COC(=O)C23C[C@H]4C[C@@H](CC(O)(C4)C2)C3)c(C)c1. The van der Waals surface area contributed by atoms with Crippen LogP contribution in [0.3, 0.4) is 0 Å². The van der Waals surface area contributed by atoms with Gasteiger partial charge in [-0.15, -0.1) is 0 Å². The molecule has 4 bridgehead atoms. The molecule has 0 aromatic heterocycles. The van der Waals surface area contributed by atoms with E-state index in [4.69, 9.17) is 4.74 Å². The number of nitrogens with zero attached hydrogens (tertiary/aromatic N) is 1. The molecule has 152 valence electrons. The van der Waals surface area contributed by atoms with Gasteiger partial charge in [-0.05, 0) is 75.3 Å². The lowest BCUT2D eigenvalue weighted by Gasteiger charge is -2.58. The highest BCUT2D eigenvalue weighted by Gasteiger charge is 2.60. The molecule has 0 unspecified atom stereocenters. The zero-order chi connectivity index (χ0) is 20.1. The molecule has 4 aliphatic rings. The first-order chi connectivity index (χ1) is 13.2. The molecule has 0 radical (unpaired) electrons. The first-order valence-corrected chi connectivity index (χ1v) is 10.4. The van der Waals surface area contributed by atoms with Gasteiger partial charge < -0.3 is 14.7 Å². The summed E-state index contributed by atoms with van der Waals surface area (Å²) < 4.78 is 5.50. The number of aliphatic hydroxyl groups is 1. The van der Waals surface area contributed by atoms with Crippen molar-refractivity contribution >= 4 is 11.9 Å².